The summed E-state index contributed by atoms with van der Waals surface area (Å²) in [6, 6.07) is 13.2. The third-order valence-electron chi connectivity index (χ3n) is 5.66. The lowest BCUT2D eigenvalue weighted by Crippen LogP contribution is -2.53. The number of ether oxygens (including phenoxy) is 1. The molecular weight excluding hydrogens is 411 g/mol. The molecule has 1 aliphatic heterocycles. The fourth-order valence-corrected chi connectivity index (χ4v) is 4.54. The molecule has 1 saturated carbocycles. The van der Waals surface area contributed by atoms with Crippen molar-refractivity contribution in [3.8, 4) is 0 Å². The van der Waals surface area contributed by atoms with E-state index < -0.39 is 5.54 Å². The Morgan fingerprint density at radius 1 is 1.24 bits per heavy atom. The van der Waals surface area contributed by atoms with Gasteiger partial charge in [-0.1, -0.05) is 41.4 Å². The maximum atomic E-state index is 13.5. The van der Waals surface area contributed by atoms with Gasteiger partial charge < -0.3 is 10.1 Å². The van der Waals surface area contributed by atoms with Crippen LogP contribution in [0, 0.1) is 0 Å². The minimum absolute atomic E-state index is 0.142. The Hall–Kier alpha value is -2.08. The van der Waals surface area contributed by atoms with Crippen LogP contribution in [0.25, 0.3) is 0 Å². The Labute approximate surface area is 179 Å². The van der Waals surface area contributed by atoms with Crippen LogP contribution in [-0.2, 0) is 19.9 Å². The van der Waals surface area contributed by atoms with Crippen LogP contribution in [0.15, 0.2) is 42.5 Å². The predicted molar refractivity (Wildman–Crippen MR) is 113 cm³/mol. The molecule has 2 aliphatic rings. The van der Waals surface area contributed by atoms with E-state index in [9.17, 15) is 9.59 Å². The van der Waals surface area contributed by atoms with Crippen LogP contribution in [0.2, 0.25) is 10.0 Å². The van der Waals surface area contributed by atoms with Crippen LogP contribution in [0.1, 0.15) is 42.7 Å². The van der Waals surface area contributed by atoms with Gasteiger partial charge in [0.2, 0.25) is 5.91 Å². The van der Waals surface area contributed by atoms with Crippen molar-refractivity contribution in [1.29, 1.82) is 0 Å². The van der Waals surface area contributed by atoms with Gasteiger partial charge in [-0.15, -0.1) is 0 Å². The average molecular weight is 433 g/mol. The molecular formula is C22H22Cl2N2O3. The molecule has 2 aromatic rings. The fraction of sp³-hybridized carbons (Fsp3) is 0.364. The molecule has 0 bridgehead atoms. The zero-order valence-electron chi connectivity index (χ0n) is 16.0. The molecule has 152 valence electrons. The predicted octanol–water partition coefficient (Wildman–Crippen LogP) is 4.63. The van der Waals surface area contributed by atoms with Gasteiger partial charge >= 0.3 is 5.97 Å². The highest BCUT2D eigenvalue weighted by Crippen LogP contribution is 2.49. The van der Waals surface area contributed by atoms with E-state index in [0.29, 0.717) is 22.2 Å². The average Bonchev–Trinajstić information content (AvgIpc) is 3.46. The van der Waals surface area contributed by atoms with Gasteiger partial charge in [0.1, 0.15) is 5.54 Å². The van der Waals surface area contributed by atoms with Crippen molar-refractivity contribution in [2.45, 2.75) is 43.2 Å². The van der Waals surface area contributed by atoms with Crippen LogP contribution in [-0.4, -0.2) is 25.0 Å². The quantitative estimate of drug-likeness (QED) is 0.625. The number of anilines is 1. The van der Waals surface area contributed by atoms with Gasteiger partial charge in [0.15, 0.2) is 0 Å². The molecule has 5 nitrogen and oxygen atoms in total. The molecule has 0 unspecified atom stereocenters. The summed E-state index contributed by atoms with van der Waals surface area (Å²) in [5.41, 5.74) is 1.42. The van der Waals surface area contributed by atoms with E-state index in [4.69, 9.17) is 27.9 Å². The molecule has 0 spiro atoms. The maximum Gasteiger partial charge on any atom is 0.305 e. The van der Waals surface area contributed by atoms with E-state index in [1.807, 2.05) is 24.3 Å². The molecule has 1 fully saturated rings. The molecule has 2 atom stereocenters. The van der Waals surface area contributed by atoms with Crippen molar-refractivity contribution >= 4 is 40.8 Å². The third-order valence-corrected chi connectivity index (χ3v) is 6.13. The first-order valence-electron chi connectivity index (χ1n) is 9.65. The summed E-state index contributed by atoms with van der Waals surface area (Å²) >= 11 is 12.4. The second kappa shape index (κ2) is 7.98. The number of rotatable bonds is 7. The van der Waals surface area contributed by atoms with E-state index in [1.54, 1.807) is 18.2 Å². The van der Waals surface area contributed by atoms with Crippen LogP contribution in [0.5, 0.6) is 0 Å². The standard InChI is InChI=1S/C22H22Cl2N2O3/c1-29-20(27)10-9-17(13-3-2-4-14(23)11-13)22(26-16-6-7-16)18-8-5-15(24)12-19(18)25-21(22)28/h2-5,8,11-12,16-17,26H,6-7,9-10H2,1H3,(H,25,28)/t17-,22+/m0/s1. The lowest BCUT2D eigenvalue weighted by molar-refractivity contribution is -0.141. The first-order chi connectivity index (χ1) is 13.9. The van der Waals surface area contributed by atoms with E-state index >= 15 is 0 Å². The lowest BCUT2D eigenvalue weighted by atomic mass is 9.72. The monoisotopic (exact) mass is 432 g/mol. The number of fused-ring (bicyclic) bond motifs is 1. The summed E-state index contributed by atoms with van der Waals surface area (Å²) < 4.78 is 4.86. The first-order valence-corrected chi connectivity index (χ1v) is 10.4. The number of benzene rings is 2. The normalized spacial score (nSPS) is 21.4. The van der Waals surface area contributed by atoms with Gasteiger partial charge in [0, 0.05) is 39.7 Å². The van der Waals surface area contributed by atoms with Gasteiger partial charge in [-0.25, -0.2) is 0 Å². The number of esters is 1. The molecule has 2 N–H and O–H groups in total. The maximum absolute atomic E-state index is 13.5. The number of hydrogen-bond acceptors (Lipinski definition) is 4. The van der Waals surface area contributed by atoms with Crippen molar-refractivity contribution in [3.63, 3.8) is 0 Å². The molecule has 0 radical (unpaired) electrons. The van der Waals surface area contributed by atoms with E-state index in [0.717, 1.165) is 24.0 Å². The number of hydrogen-bond donors (Lipinski definition) is 2. The van der Waals surface area contributed by atoms with Crippen LogP contribution < -0.4 is 10.6 Å². The lowest BCUT2D eigenvalue weighted by Gasteiger charge is -2.37. The Balaban J connectivity index is 1.85. The topological polar surface area (TPSA) is 67.4 Å². The van der Waals surface area contributed by atoms with Gasteiger partial charge in [0.05, 0.1) is 7.11 Å². The van der Waals surface area contributed by atoms with Crippen molar-refractivity contribution in [2.24, 2.45) is 0 Å². The first kappa shape index (κ1) is 20.2. The van der Waals surface area contributed by atoms with Gasteiger partial charge in [0.25, 0.3) is 0 Å². The van der Waals surface area contributed by atoms with Crippen LogP contribution in [0.4, 0.5) is 5.69 Å². The van der Waals surface area contributed by atoms with Crippen molar-refractivity contribution in [2.75, 3.05) is 12.4 Å². The highest BCUT2D eigenvalue weighted by molar-refractivity contribution is 6.31. The molecule has 7 heteroatoms. The van der Waals surface area contributed by atoms with Crippen LogP contribution >= 0.6 is 23.2 Å². The summed E-state index contributed by atoms with van der Waals surface area (Å²) in [6.45, 7) is 0. The van der Waals surface area contributed by atoms with Crippen molar-refractivity contribution in [3.05, 3.63) is 63.6 Å². The fourth-order valence-electron chi connectivity index (χ4n) is 4.17. The molecule has 0 saturated heterocycles. The van der Waals surface area contributed by atoms with Gasteiger partial charge in [-0.05, 0) is 49.1 Å². The largest absolute Gasteiger partial charge is 0.469 e. The molecule has 2 aromatic carbocycles. The highest BCUT2D eigenvalue weighted by atomic mass is 35.5. The Bertz CT molecular complexity index is 961. The van der Waals surface area contributed by atoms with E-state index in [2.05, 4.69) is 10.6 Å². The second-order valence-electron chi connectivity index (χ2n) is 7.59. The smallest absolute Gasteiger partial charge is 0.305 e. The van der Waals surface area contributed by atoms with Crippen molar-refractivity contribution < 1.29 is 14.3 Å². The summed E-state index contributed by atoms with van der Waals surface area (Å²) in [7, 11) is 1.37. The number of halogens is 2. The van der Waals surface area contributed by atoms with E-state index in [1.165, 1.54) is 7.11 Å². The van der Waals surface area contributed by atoms with E-state index in [-0.39, 0.29) is 30.3 Å². The SMILES string of the molecule is COC(=O)CC[C@@H](c1cccc(Cl)c1)[C@]1(NC2CC2)C(=O)Nc2cc(Cl)ccc21. The summed E-state index contributed by atoms with van der Waals surface area (Å²) in [5.74, 6) is -0.770. The second-order valence-corrected chi connectivity index (χ2v) is 8.47. The summed E-state index contributed by atoms with van der Waals surface area (Å²) in [4.78, 5) is 25.4. The van der Waals surface area contributed by atoms with Gasteiger partial charge in [-0.2, -0.15) is 0 Å². The number of nitrogens with one attached hydrogen (secondary N) is 2. The Morgan fingerprint density at radius 2 is 2.00 bits per heavy atom. The molecule has 0 aromatic heterocycles. The van der Waals surface area contributed by atoms with Gasteiger partial charge in [-0.3, -0.25) is 14.9 Å². The van der Waals surface area contributed by atoms with Crippen molar-refractivity contribution in [1.82, 2.24) is 5.32 Å². The molecule has 1 aliphatic carbocycles. The summed E-state index contributed by atoms with van der Waals surface area (Å²) in [5, 5.41) is 7.74. The minimum atomic E-state index is -1.01. The van der Waals surface area contributed by atoms with Crippen LogP contribution in [0.3, 0.4) is 0 Å². The number of carbonyl (C=O) groups excluding carboxylic acids is 2. The minimum Gasteiger partial charge on any atom is -0.469 e. The zero-order valence-corrected chi connectivity index (χ0v) is 17.5. The number of amides is 1. The molecule has 1 amide bonds. The Kier molecular flexibility index (Phi) is 5.56. The molecule has 29 heavy (non-hydrogen) atoms. The number of carbonyl (C=O) groups is 2. The molecule has 1 heterocycles. The zero-order chi connectivity index (χ0) is 20.6. The summed E-state index contributed by atoms with van der Waals surface area (Å²) in [6.07, 6.45) is 2.65. The number of methoxy groups -OCH3 is 1. The molecule has 4 rings (SSSR count). The Morgan fingerprint density at radius 3 is 2.69 bits per heavy atom. The third kappa shape index (κ3) is 3.87. The highest BCUT2D eigenvalue weighted by Gasteiger charge is 2.54.